The maximum Gasteiger partial charge on any atom is 0.231 e. The molecule has 0 unspecified atom stereocenters. The number of nitrogens with zero attached hydrogens (tertiary/aromatic N) is 3. The Morgan fingerprint density at radius 3 is 2.82 bits per heavy atom. The van der Waals surface area contributed by atoms with Gasteiger partial charge < -0.3 is 9.47 Å². The normalized spacial score (nSPS) is 19.0. The maximum atomic E-state index is 13.4. The van der Waals surface area contributed by atoms with Gasteiger partial charge in [0.15, 0.2) is 5.13 Å². The summed E-state index contributed by atoms with van der Waals surface area (Å²) in [6.07, 6.45) is 5.57. The molecule has 2 heterocycles. The van der Waals surface area contributed by atoms with E-state index in [9.17, 15) is 4.79 Å². The Hall–Kier alpha value is -1.70. The van der Waals surface area contributed by atoms with Gasteiger partial charge in [-0.25, -0.2) is 4.98 Å². The van der Waals surface area contributed by atoms with Gasteiger partial charge in [0.1, 0.15) is 5.75 Å². The minimum Gasteiger partial charge on any atom is -0.497 e. The van der Waals surface area contributed by atoms with Crippen LogP contribution in [0.25, 0.3) is 10.2 Å². The van der Waals surface area contributed by atoms with Crippen LogP contribution in [0, 0.1) is 5.92 Å². The number of rotatable bonds is 6. The number of benzene rings is 1. The van der Waals surface area contributed by atoms with Crippen molar-refractivity contribution in [1.82, 2.24) is 9.88 Å². The number of morpholine rings is 1. The lowest BCUT2D eigenvalue weighted by atomic mass is 9.88. The minimum absolute atomic E-state index is 0.139. The van der Waals surface area contributed by atoms with Crippen LogP contribution in [0.5, 0.6) is 5.75 Å². The lowest BCUT2D eigenvalue weighted by Gasteiger charge is -2.31. The van der Waals surface area contributed by atoms with Crippen LogP contribution in [0.2, 0.25) is 0 Å². The molecule has 1 aromatic heterocycles. The fourth-order valence-corrected chi connectivity index (χ4v) is 5.10. The molecule has 2 fully saturated rings. The molecule has 1 aliphatic heterocycles. The summed E-state index contributed by atoms with van der Waals surface area (Å²) in [6.45, 7) is 4.97. The summed E-state index contributed by atoms with van der Waals surface area (Å²) in [5.74, 6) is 1.21. The quantitative estimate of drug-likeness (QED) is 0.738. The van der Waals surface area contributed by atoms with E-state index in [0.717, 1.165) is 79.6 Å². The molecule has 0 N–H and O–H groups in total. The average Bonchev–Trinajstić information content (AvgIpc) is 3.18. The zero-order chi connectivity index (χ0) is 19.3. The number of amides is 1. The Morgan fingerprint density at radius 2 is 2.07 bits per heavy atom. The lowest BCUT2D eigenvalue weighted by Crippen LogP contribution is -2.45. The summed E-state index contributed by atoms with van der Waals surface area (Å²) in [5, 5.41) is 0.812. The van der Waals surface area contributed by atoms with Gasteiger partial charge in [0.25, 0.3) is 0 Å². The molecule has 7 heteroatoms. The first-order chi connectivity index (χ1) is 13.7. The van der Waals surface area contributed by atoms with Crippen LogP contribution < -0.4 is 9.64 Å². The highest BCUT2D eigenvalue weighted by Gasteiger charge is 2.29. The molecule has 0 atom stereocenters. The number of aromatic nitrogens is 1. The first kappa shape index (κ1) is 19.6. The topological polar surface area (TPSA) is 54.9 Å². The van der Waals surface area contributed by atoms with E-state index >= 15 is 0 Å². The van der Waals surface area contributed by atoms with Gasteiger partial charge in [-0.05, 0) is 31.0 Å². The van der Waals surface area contributed by atoms with Crippen molar-refractivity contribution in [1.29, 1.82) is 0 Å². The molecule has 0 bridgehead atoms. The van der Waals surface area contributed by atoms with Gasteiger partial charge in [-0.3, -0.25) is 14.6 Å². The number of carbonyl (C=O) groups is 1. The van der Waals surface area contributed by atoms with E-state index in [2.05, 4.69) is 4.90 Å². The lowest BCUT2D eigenvalue weighted by molar-refractivity contribution is -0.123. The summed E-state index contributed by atoms with van der Waals surface area (Å²) < 4.78 is 11.9. The molecule has 28 heavy (non-hydrogen) atoms. The molecule has 152 valence electrons. The van der Waals surface area contributed by atoms with Crippen LogP contribution in [0.3, 0.4) is 0 Å². The Morgan fingerprint density at radius 1 is 1.29 bits per heavy atom. The van der Waals surface area contributed by atoms with Crippen LogP contribution in [-0.4, -0.2) is 62.3 Å². The van der Waals surface area contributed by atoms with Gasteiger partial charge >= 0.3 is 0 Å². The van der Waals surface area contributed by atoms with Crippen LogP contribution in [0.15, 0.2) is 18.2 Å². The molecule has 1 aromatic carbocycles. The van der Waals surface area contributed by atoms with Crippen LogP contribution in [-0.2, 0) is 9.53 Å². The molecule has 4 rings (SSSR count). The van der Waals surface area contributed by atoms with Crippen molar-refractivity contribution in [2.45, 2.75) is 32.1 Å². The average molecular weight is 404 g/mol. The highest BCUT2D eigenvalue weighted by molar-refractivity contribution is 7.22. The second-order valence-corrected chi connectivity index (χ2v) is 8.62. The third-order valence-electron chi connectivity index (χ3n) is 5.78. The van der Waals surface area contributed by atoms with E-state index < -0.39 is 0 Å². The van der Waals surface area contributed by atoms with Gasteiger partial charge in [-0.15, -0.1) is 0 Å². The molecule has 6 nitrogen and oxygen atoms in total. The molecular weight excluding hydrogens is 374 g/mol. The fourth-order valence-electron chi connectivity index (χ4n) is 4.07. The Kier molecular flexibility index (Phi) is 6.44. The summed E-state index contributed by atoms with van der Waals surface area (Å²) in [7, 11) is 1.67. The van der Waals surface area contributed by atoms with Crippen LogP contribution >= 0.6 is 11.3 Å². The number of methoxy groups -OCH3 is 1. The monoisotopic (exact) mass is 403 g/mol. The first-order valence-electron chi connectivity index (χ1n) is 10.3. The number of hydrogen-bond acceptors (Lipinski definition) is 6. The summed E-state index contributed by atoms with van der Waals surface area (Å²) >= 11 is 1.58. The van der Waals surface area contributed by atoms with Crippen LogP contribution in [0.1, 0.15) is 32.1 Å². The molecule has 0 spiro atoms. The molecule has 0 radical (unpaired) electrons. The van der Waals surface area contributed by atoms with Crippen LogP contribution in [0.4, 0.5) is 5.13 Å². The molecule has 1 amide bonds. The van der Waals surface area contributed by atoms with E-state index in [1.807, 2.05) is 23.1 Å². The van der Waals surface area contributed by atoms with E-state index in [1.165, 1.54) is 6.42 Å². The third kappa shape index (κ3) is 4.47. The molecule has 1 saturated heterocycles. The van der Waals surface area contributed by atoms with Crippen molar-refractivity contribution in [2.24, 2.45) is 5.92 Å². The molecule has 2 aliphatic rings. The molecule has 1 saturated carbocycles. The zero-order valence-electron chi connectivity index (χ0n) is 16.6. The number of carbonyl (C=O) groups excluding carboxylic acids is 1. The van der Waals surface area contributed by atoms with Gasteiger partial charge in [0, 0.05) is 32.1 Å². The van der Waals surface area contributed by atoms with Crippen molar-refractivity contribution in [3.05, 3.63) is 18.2 Å². The zero-order valence-corrected chi connectivity index (χ0v) is 17.4. The number of hydrogen-bond donors (Lipinski definition) is 0. The minimum atomic E-state index is 0.139. The van der Waals surface area contributed by atoms with Crippen molar-refractivity contribution in [3.63, 3.8) is 0 Å². The molecular formula is C21H29N3O3S. The highest BCUT2D eigenvalue weighted by atomic mass is 32.1. The van der Waals surface area contributed by atoms with Gasteiger partial charge in [-0.1, -0.05) is 30.6 Å². The Labute approximate surface area is 170 Å². The van der Waals surface area contributed by atoms with Crippen molar-refractivity contribution < 1.29 is 14.3 Å². The van der Waals surface area contributed by atoms with Crippen molar-refractivity contribution in [3.8, 4) is 5.75 Å². The van der Waals surface area contributed by atoms with E-state index in [-0.39, 0.29) is 11.8 Å². The molecule has 1 aliphatic carbocycles. The van der Waals surface area contributed by atoms with E-state index in [1.54, 1.807) is 18.4 Å². The second kappa shape index (κ2) is 9.20. The standard InChI is InChI=1S/C21H29N3O3S/c1-26-17-7-8-18-19(15-17)28-21(22-18)24(10-9-23-11-13-27-14-12-23)20(25)16-5-3-2-4-6-16/h7-8,15-16H,2-6,9-14H2,1H3. The SMILES string of the molecule is COc1ccc2nc(N(CCN3CCOCC3)C(=O)C3CCCCC3)sc2c1. The van der Waals surface area contributed by atoms with Crippen molar-refractivity contribution >= 4 is 32.6 Å². The largest absolute Gasteiger partial charge is 0.497 e. The second-order valence-electron chi connectivity index (χ2n) is 7.61. The molecule has 2 aromatic rings. The van der Waals surface area contributed by atoms with E-state index in [4.69, 9.17) is 14.5 Å². The van der Waals surface area contributed by atoms with Gasteiger partial charge in [0.05, 0.1) is 30.5 Å². The predicted molar refractivity (Wildman–Crippen MR) is 112 cm³/mol. The smallest absolute Gasteiger partial charge is 0.231 e. The number of thiazole rings is 1. The summed E-state index contributed by atoms with van der Waals surface area (Å²) in [4.78, 5) is 22.5. The van der Waals surface area contributed by atoms with Gasteiger partial charge in [0.2, 0.25) is 5.91 Å². The van der Waals surface area contributed by atoms with Crippen molar-refractivity contribution in [2.75, 3.05) is 51.4 Å². The van der Waals surface area contributed by atoms with E-state index in [0.29, 0.717) is 6.54 Å². The summed E-state index contributed by atoms with van der Waals surface area (Å²) in [5.41, 5.74) is 0.925. The summed E-state index contributed by atoms with van der Waals surface area (Å²) in [6, 6.07) is 5.90. The predicted octanol–water partition coefficient (Wildman–Crippen LogP) is 3.55. The number of ether oxygens (including phenoxy) is 2. The first-order valence-corrected chi connectivity index (χ1v) is 11.1. The third-order valence-corrected chi connectivity index (χ3v) is 6.82. The fraction of sp³-hybridized carbons (Fsp3) is 0.619. The highest BCUT2D eigenvalue weighted by Crippen LogP contribution is 2.34. The number of fused-ring (bicyclic) bond motifs is 1. The van der Waals surface area contributed by atoms with Gasteiger partial charge in [-0.2, -0.15) is 0 Å². The Balaban J connectivity index is 1.56. The number of anilines is 1. The maximum absolute atomic E-state index is 13.4. The Bertz CT molecular complexity index is 797.